The molecule has 0 spiro atoms. The standard InChI is InChI=1S/C51H32N2/c1-4-12-42-35(8-1)10-7-15-49(42)53-50-32-38(34-26-28-52-29-27-34)21-24-46(50)47-25-22-40-30-37(20-23-43(40)51(47)53)33-16-18-36(19-17-33)48-31-39-9-2-3-11-41(39)44-13-5-6-14-45(44)48/h1-32H. The number of fused-ring (bicyclic) bond motifs is 9. The van der Waals surface area contributed by atoms with Crippen LogP contribution >= 0.6 is 0 Å². The molecule has 0 atom stereocenters. The van der Waals surface area contributed by atoms with Gasteiger partial charge in [-0.2, -0.15) is 0 Å². The molecule has 11 rings (SSSR count). The molecular weight excluding hydrogens is 641 g/mol. The molecule has 246 valence electrons. The second kappa shape index (κ2) is 11.8. The fourth-order valence-electron chi connectivity index (χ4n) is 8.53. The molecule has 0 bridgehead atoms. The Hall–Kier alpha value is -7.03. The molecule has 9 aromatic carbocycles. The molecule has 11 aromatic rings. The van der Waals surface area contributed by atoms with Gasteiger partial charge < -0.3 is 4.57 Å². The Bertz CT molecular complexity index is 3200. The lowest BCUT2D eigenvalue weighted by atomic mass is 9.92. The van der Waals surface area contributed by atoms with E-state index in [1.54, 1.807) is 0 Å². The largest absolute Gasteiger partial charge is 0.308 e. The molecule has 0 N–H and O–H groups in total. The minimum atomic E-state index is 1.16. The van der Waals surface area contributed by atoms with Crippen molar-refractivity contribution in [3.8, 4) is 39.1 Å². The van der Waals surface area contributed by atoms with Crippen molar-refractivity contribution >= 4 is 64.9 Å². The zero-order valence-corrected chi connectivity index (χ0v) is 28.9. The van der Waals surface area contributed by atoms with E-state index in [0.29, 0.717) is 0 Å². The maximum Gasteiger partial charge on any atom is 0.0619 e. The van der Waals surface area contributed by atoms with Gasteiger partial charge in [-0.05, 0) is 102 Å². The first kappa shape index (κ1) is 29.7. The quantitative estimate of drug-likeness (QED) is 0.170. The van der Waals surface area contributed by atoms with Gasteiger partial charge in [0, 0.05) is 33.9 Å². The third kappa shape index (κ3) is 4.70. The summed E-state index contributed by atoms with van der Waals surface area (Å²) in [4.78, 5) is 4.26. The Morgan fingerprint density at radius 1 is 0.321 bits per heavy atom. The number of aromatic nitrogens is 2. The topological polar surface area (TPSA) is 17.8 Å². The number of hydrogen-bond donors (Lipinski definition) is 0. The third-order valence-corrected chi connectivity index (χ3v) is 11.1. The van der Waals surface area contributed by atoms with Gasteiger partial charge in [-0.1, -0.05) is 146 Å². The number of benzene rings is 9. The Labute approximate surface area is 306 Å². The Kier molecular flexibility index (Phi) is 6.59. The van der Waals surface area contributed by atoms with Crippen LogP contribution in [0.3, 0.4) is 0 Å². The van der Waals surface area contributed by atoms with Gasteiger partial charge in [0.1, 0.15) is 0 Å². The van der Waals surface area contributed by atoms with Crippen molar-refractivity contribution in [3.05, 3.63) is 194 Å². The maximum absolute atomic E-state index is 4.26. The first-order chi connectivity index (χ1) is 26.3. The molecule has 0 fully saturated rings. The normalized spacial score (nSPS) is 11.8. The smallest absolute Gasteiger partial charge is 0.0619 e. The van der Waals surface area contributed by atoms with E-state index in [4.69, 9.17) is 0 Å². The van der Waals surface area contributed by atoms with Crippen molar-refractivity contribution in [1.82, 2.24) is 9.55 Å². The molecule has 0 aliphatic heterocycles. The maximum atomic E-state index is 4.26. The van der Waals surface area contributed by atoms with Crippen molar-refractivity contribution in [2.24, 2.45) is 0 Å². The third-order valence-electron chi connectivity index (χ3n) is 11.1. The molecule has 0 saturated heterocycles. The zero-order chi connectivity index (χ0) is 34.9. The van der Waals surface area contributed by atoms with Gasteiger partial charge in [-0.25, -0.2) is 0 Å². The minimum absolute atomic E-state index is 1.16. The van der Waals surface area contributed by atoms with Crippen molar-refractivity contribution in [2.45, 2.75) is 0 Å². The second-order valence-corrected chi connectivity index (χ2v) is 14.0. The molecule has 0 saturated carbocycles. The average Bonchev–Trinajstić information content (AvgIpc) is 3.57. The molecule has 0 unspecified atom stereocenters. The first-order valence-corrected chi connectivity index (χ1v) is 18.2. The number of nitrogens with zero attached hydrogens (tertiary/aromatic N) is 2. The van der Waals surface area contributed by atoms with Gasteiger partial charge >= 0.3 is 0 Å². The lowest BCUT2D eigenvalue weighted by molar-refractivity contribution is 1.20. The zero-order valence-electron chi connectivity index (χ0n) is 28.9. The molecule has 0 aliphatic carbocycles. The van der Waals surface area contributed by atoms with Crippen LogP contribution in [0.25, 0.3) is 104 Å². The van der Waals surface area contributed by atoms with Crippen LogP contribution in [0.5, 0.6) is 0 Å². The van der Waals surface area contributed by atoms with Crippen molar-refractivity contribution in [1.29, 1.82) is 0 Å². The summed E-state index contributed by atoms with van der Waals surface area (Å²) in [6, 6.07) is 66.8. The highest BCUT2D eigenvalue weighted by molar-refractivity contribution is 6.20. The van der Waals surface area contributed by atoms with E-state index >= 15 is 0 Å². The highest BCUT2D eigenvalue weighted by atomic mass is 15.0. The van der Waals surface area contributed by atoms with E-state index < -0.39 is 0 Å². The average molecular weight is 673 g/mol. The van der Waals surface area contributed by atoms with Crippen LogP contribution in [0.4, 0.5) is 0 Å². The highest BCUT2D eigenvalue weighted by Crippen LogP contribution is 2.41. The van der Waals surface area contributed by atoms with Gasteiger partial charge in [-0.3, -0.25) is 4.98 Å². The van der Waals surface area contributed by atoms with E-state index in [2.05, 4.69) is 192 Å². The summed E-state index contributed by atoms with van der Waals surface area (Å²) in [5.74, 6) is 0. The number of hydrogen-bond acceptors (Lipinski definition) is 1. The summed E-state index contributed by atoms with van der Waals surface area (Å²) < 4.78 is 2.49. The van der Waals surface area contributed by atoms with E-state index in [1.807, 2.05) is 12.4 Å². The lowest BCUT2D eigenvalue weighted by Crippen LogP contribution is -1.96. The molecule has 0 amide bonds. The lowest BCUT2D eigenvalue weighted by Gasteiger charge is -2.14. The molecule has 2 heterocycles. The second-order valence-electron chi connectivity index (χ2n) is 14.0. The van der Waals surface area contributed by atoms with Crippen molar-refractivity contribution in [3.63, 3.8) is 0 Å². The monoisotopic (exact) mass is 672 g/mol. The van der Waals surface area contributed by atoms with E-state index in [9.17, 15) is 0 Å². The molecule has 2 heteroatoms. The van der Waals surface area contributed by atoms with Gasteiger partial charge in [0.2, 0.25) is 0 Å². The van der Waals surface area contributed by atoms with Gasteiger partial charge in [0.25, 0.3) is 0 Å². The Morgan fingerprint density at radius 2 is 0.906 bits per heavy atom. The van der Waals surface area contributed by atoms with E-state index in [1.165, 1.54) is 98.4 Å². The van der Waals surface area contributed by atoms with Crippen LogP contribution in [0.15, 0.2) is 194 Å². The predicted molar refractivity (Wildman–Crippen MR) is 225 cm³/mol. The van der Waals surface area contributed by atoms with Crippen LogP contribution in [0.1, 0.15) is 0 Å². The van der Waals surface area contributed by atoms with Crippen molar-refractivity contribution < 1.29 is 0 Å². The Morgan fingerprint density at radius 3 is 1.74 bits per heavy atom. The molecule has 0 radical (unpaired) electrons. The Balaban J connectivity index is 1.08. The summed E-state index contributed by atoms with van der Waals surface area (Å²) in [7, 11) is 0. The molecule has 53 heavy (non-hydrogen) atoms. The molecular formula is C51H32N2. The SMILES string of the molecule is c1ccc2c(-n3c4cc(-c5ccncc5)ccc4c4ccc5cc(-c6ccc(-c7cc8ccccc8c8ccccc78)cc6)ccc5c43)cccc2c1. The van der Waals surface area contributed by atoms with Crippen LogP contribution in [0.2, 0.25) is 0 Å². The number of rotatable bonds is 4. The van der Waals surface area contributed by atoms with Gasteiger partial charge in [0.05, 0.1) is 16.7 Å². The summed E-state index contributed by atoms with van der Waals surface area (Å²) in [5, 5.41) is 12.5. The fourth-order valence-corrected chi connectivity index (χ4v) is 8.53. The van der Waals surface area contributed by atoms with E-state index in [-0.39, 0.29) is 0 Å². The minimum Gasteiger partial charge on any atom is -0.308 e. The molecule has 0 aliphatic rings. The van der Waals surface area contributed by atoms with Crippen LogP contribution < -0.4 is 0 Å². The van der Waals surface area contributed by atoms with Crippen LogP contribution in [-0.2, 0) is 0 Å². The van der Waals surface area contributed by atoms with Crippen molar-refractivity contribution in [2.75, 3.05) is 0 Å². The van der Waals surface area contributed by atoms with Crippen LogP contribution in [-0.4, -0.2) is 9.55 Å². The summed E-state index contributed by atoms with van der Waals surface area (Å²) in [6.45, 7) is 0. The summed E-state index contributed by atoms with van der Waals surface area (Å²) >= 11 is 0. The molecule has 2 nitrogen and oxygen atoms in total. The highest BCUT2D eigenvalue weighted by Gasteiger charge is 2.18. The van der Waals surface area contributed by atoms with E-state index in [0.717, 1.165) is 5.56 Å². The first-order valence-electron chi connectivity index (χ1n) is 18.2. The van der Waals surface area contributed by atoms with Crippen LogP contribution in [0, 0.1) is 0 Å². The number of pyridine rings is 1. The fraction of sp³-hybridized carbons (Fsp3) is 0. The van der Waals surface area contributed by atoms with Gasteiger partial charge in [-0.15, -0.1) is 0 Å². The molecule has 2 aromatic heterocycles. The van der Waals surface area contributed by atoms with Gasteiger partial charge in [0.15, 0.2) is 0 Å². The predicted octanol–water partition coefficient (Wildman–Crippen LogP) is 13.8. The summed E-state index contributed by atoms with van der Waals surface area (Å²) in [6.07, 6.45) is 3.73. The summed E-state index contributed by atoms with van der Waals surface area (Å²) in [5.41, 5.74) is 10.8.